The molecule has 0 saturated heterocycles. The van der Waals surface area contributed by atoms with Crippen molar-refractivity contribution in [1.82, 2.24) is 5.32 Å². The van der Waals surface area contributed by atoms with Crippen LogP contribution in [-0.2, 0) is 9.59 Å². The Labute approximate surface area is 145 Å². The van der Waals surface area contributed by atoms with Gasteiger partial charge in [-0.15, -0.1) is 0 Å². The molecular formula is C17H21ClN2O4. The molecule has 1 rings (SSSR count). The van der Waals surface area contributed by atoms with Gasteiger partial charge in [-0.1, -0.05) is 37.6 Å². The Morgan fingerprint density at radius 1 is 1.29 bits per heavy atom. The fourth-order valence-corrected chi connectivity index (χ4v) is 2.00. The van der Waals surface area contributed by atoms with Crippen molar-refractivity contribution in [3.8, 4) is 0 Å². The lowest BCUT2D eigenvalue weighted by atomic mass is 10.1. The van der Waals surface area contributed by atoms with E-state index in [0.717, 1.165) is 0 Å². The van der Waals surface area contributed by atoms with E-state index >= 15 is 0 Å². The van der Waals surface area contributed by atoms with Gasteiger partial charge in [-0.3, -0.25) is 9.59 Å². The van der Waals surface area contributed by atoms with Crippen LogP contribution < -0.4 is 10.6 Å². The van der Waals surface area contributed by atoms with Gasteiger partial charge in [-0.25, -0.2) is 4.79 Å². The predicted octanol–water partition coefficient (Wildman–Crippen LogP) is 3.08. The molecule has 0 aliphatic carbocycles. The first-order valence-electron chi connectivity index (χ1n) is 7.51. The van der Waals surface area contributed by atoms with E-state index < -0.39 is 17.9 Å². The summed E-state index contributed by atoms with van der Waals surface area (Å²) in [5.41, 5.74) is 0.522. The Balaban J connectivity index is 2.96. The number of carbonyl (C=O) groups is 3. The molecule has 1 aromatic carbocycles. The van der Waals surface area contributed by atoms with Crippen LogP contribution in [-0.4, -0.2) is 28.9 Å². The molecule has 0 bridgehead atoms. The monoisotopic (exact) mass is 352 g/mol. The number of aliphatic carboxylic acids is 1. The maximum absolute atomic E-state index is 12.3. The number of halogens is 1. The molecule has 0 aliphatic heterocycles. The summed E-state index contributed by atoms with van der Waals surface area (Å²) in [5.74, 6) is -2.16. The van der Waals surface area contributed by atoms with Crippen LogP contribution in [0.15, 0.2) is 30.4 Å². The molecule has 6 nitrogen and oxygen atoms in total. The van der Waals surface area contributed by atoms with Gasteiger partial charge in [-0.2, -0.15) is 0 Å². The number of hydrogen-bond acceptors (Lipinski definition) is 3. The van der Waals surface area contributed by atoms with Crippen LogP contribution in [0.25, 0.3) is 0 Å². The van der Waals surface area contributed by atoms with Crippen molar-refractivity contribution in [1.29, 1.82) is 0 Å². The second-order valence-corrected chi connectivity index (χ2v) is 5.91. The maximum atomic E-state index is 12.3. The number of nitrogens with one attached hydrogen (secondary N) is 2. The summed E-state index contributed by atoms with van der Waals surface area (Å²) in [4.78, 5) is 35.3. The van der Waals surface area contributed by atoms with Crippen molar-refractivity contribution in [2.75, 3.05) is 5.32 Å². The molecule has 1 unspecified atom stereocenters. The zero-order valence-electron chi connectivity index (χ0n) is 13.8. The number of carbonyl (C=O) groups excluding carboxylic acids is 2. The fourth-order valence-electron chi connectivity index (χ4n) is 1.79. The van der Waals surface area contributed by atoms with E-state index in [1.807, 2.05) is 0 Å². The molecule has 0 spiro atoms. The first-order chi connectivity index (χ1) is 11.3. The Morgan fingerprint density at radius 3 is 2.50 bits per heavy atom. The van der Waals surface area contributed by atoms with Crippen molar-refractivity contribution in [2.24, 2.45) is 5.92 Å². The van der Waals surface area contributed by atoms with E-state index in [1.54, 1.807) is 39.0 Å². The Hall–Kier alpha value is -2.34. The molecule has 0 saturated carbocycles. The minimum Gasteiger partial charge on any atom is -0.480 e. The van der Waals surface area contributed by atoms with Crippen molar-refractivity contribution in [2.45, 2.75) is 33.2 Å². The van der Waals surface area contributed by atoms with Crippen molar-refractivity contribution < 1.29 is 19.5 Å². The molecule has 2 amide bonds. The van der Waals surface area contributed by atoms with Crippen LogP contribution in [0.3, 0.4) is 0 Å². The standard InChI is InChI=1S/C17H21ClN2O4/c1-4-5-6-14(17(23)24)20-16(22)12-9-11(7-8-13(12)18)19-15(21)10(2)3/h4-5,7-10,14H,6H2,1-3H3,(H,19,21)(H,20,22)(H,23,24)/b5-4+. The normalized spacial score (nSPS) is 12.2. The lowest BCUT2D eigenvalue weighted by Gasteiger charge is -2.14. The van der Waals surface area contributed by atoms with Crippen LogP contribution >= 0.6 is 11.6 Å². The third-order valence-electron chi connectivity index (χ3n) is 3.21. The highest BCUT2D eigenvalue weighted by Crippen LogP contribution is 2.21. The number of anilines is 1. The van der Waals surface area contributed by atoms with Gasteiger partial charge in [0.15, 0.2) is 0 Å². The van der Waals surface area contributed by atoms with Crippen molar-refractivity contribution >= 4 is 35.1 Å². The summed E-state index contributed by atoms with van der Waals surface area (Å²) in [6, 6.07) is 3.42. The maximum Gasteiger partial charge on any atom is 0.326 e. The Kier molecular flexibility index (Phi) is 7.45. The highest BCUT2D eigenvalue weighted by Gasteiger charge is 2.21. The predicted molar refractivity (Wildman–Crippen MR) is 93.2 cm³/mol. The van der Waals surface area contributed by atoms with Crippen LogP contribution in [0.2, 0.25) is 5.02 Å². The molecule has 3 N–H and O–H groups in total. The largest absolute Gasteiger partial charge is 0.480 e. The van der Waals surface area contributed by atoms with Crippen LogP contribution in [0.5, 0.6) is 0 Å². The van der Waals surface area contributed by atoms with E-state index in [2.05, 4.69) is 10.6 Å². The fraction of sp³-hybridized carbons (Fsp3) is 0.353. The number of rotatable bonds is 7. The molecule has 0 aliphatic rings. The molecule has 0 heterocycles. The van der Waals surface area contributed by atoms with E-state index in [1.165, 1.54) is 12.1 Å². The number of allylic oxidation sites excluding steroid dienone is 1. The Bertz CT molecular complexity index is 656. The SMILES string of the molecule is C/C=C/CC(NC(=O)c1cc(NC(=O)C(C)C)ccc1Cl)C(=O)O. The van der Waals surface area contributed by atoms with Gasteiger partial charge < -0.3 is 15.7 Å². The Morgan fingerprint density at radius 2 is 1.96 bits per heavy atom. The van der Waals surface area contributed by atoms with Gasteiger partial charge in [0, 0.05) is 11.6 Å². The number of benzene rings is 1. The van der Waals surface area contributed by atoms with Crippen molar-refractivity contribution in [3.05, 3.63) is 40.9 Å². The van der Waals surface area contributed by atoms with Crippen LogP contribution in [0.1, 0.15) is 37.6 Å². The van der Waals surface area contributed by atoms with Gasteiger partial charge in [0.05, 0.1) is 10.6 Å². The minimum absolute atomic E-state index is 0.102. The average Bonchev–Trinajstić information content (AvgIpc) is 2.52. The molecule has 0 radical (unpaired) electrons. The lowest BCUT2D eigenvalue weighted by molar-refractivity contribution is -0.139. The first kappa shape index (κ1) is 19.7. The lowest BCUT2D eigenvalue weighted by Crippen LogP contribution is -2.40. The quantitative estimate of drug-likeness (QED) is 0.657. The highest BCUT2D eigenvalue weighted by atomic mass is 35.5. The minimum atomic E-state index is -1.14. The topological polar surface area (TPSA) is 95.5 Å². The molecule has 1 aromatic rings. The highest BCUT2D eigenvalue weighted by molar-refractivity contribution is 6.34. The number of hydrogen-bond donors (Lipinski definition) is 3. The smallest absolute Gasteiger partial charge is 0.326 e. The zero-order chi connectivity index (χ0) is 18.3. The summed E-state index contributed by atoms with van der Waals surface area (Å²) < 4.78 is 0. The van der Waals surface area contributed by atoms with Gasteiger partial charge in [0.25, 0.3) is 5.91 Å². The molecular weight excluding hydrogens is 332 g/mol. The van der Waals surface area contributed by atoms with E-state index in [-0.39, 0.29) is 28.8 Å². The zero-order valence-corrected chi connectivity index (χ0v) is 14.6. The molecule has 0 aromatic heterocycles. The summed E-state index contributed by atoms with van der Waals surface area (Å²) in [6.45, 7) is 5.26. The number of carboxylic acid groups (broad SMARTS) is 1. The van der Waals surface area contributed by atoms with Gasteiger partial charge >= 0.3 is 5.97 Å². The van der Waals surface area contributed by atoms with Gasteiger partial charge in [0.2, 0.25) is 5.91 Å². The third-order valence-corrected chi connectivity index (χ3v) is 3.54. The van der Waals surface area contributed by atoms with Crippen molar-refractivity contribution in [3.63, 3.8) is 0 Å². The first-order valence-corrected chi connectivity index (χ1v) is 7.89. The van der Waals surface area contributed by atoms with E-state index in [4.69, 9.17) is 16.7 Å². The summed E-state index contributed by atoms with van der Waals surface area (Å²) >= 11 is 6.02. The summed E-state index contributed by atoms with van der Waals surface area (Å²) in [6.07, 6.45) is 3.52. The molecule has 24 heavy (non-hydrogen) atoms. The number of amides is 2. The molecule has 7 heteroatoms. The summed E-state index contributed by atoms with van der Waals surface area (Å²) in [5, 5.41) is 14.4. The molecule has 1 atom stereocenters. The van der Waals surface area contributed by atoms with E-state index in [0.29, 0.717) is 5.69 Å². The number of carboxylic acids is 1. The van der Waals surface area contributed by atoms with Crippen LogP contribution in [0.4, 0.5) is 5.69 Å². The van der Waals surface area contributed by atoms with Crippen LogP contribution in [0, 0.1) is 5.92 Å². The second kappa shape index (κ2) is 9.08. The van der Waals surface area contributed by atoms with Gasteiger partial charge in [0.1, 0.15) is 6.04 Å². The average molecular weight is 353 g/mol. The second-order valence-electron chi connectivity index (χ2n) is 5.51. The summed E-state index contributed by atoms with van der Waals surface area (Å²) in [7, 11) is 0. The van der Waals surface area contributed by atoms with Gasteiger partial charge in [-0.05, 0) is 31.5 Å². The van der Waals surface area contributed by atoms with E-state index in [9.17, 15) is 14.4 Å². The third kappa shape index (κ3) is 5.70. The molecule has 130 valence electrons. The molecule has 0 fully saturated rings.